The molecule has 0 radical (unpaired) electrons. The van der Waals surface area contributed by atoms with E-state index in [9.17, 15) is 0 Å². The molecule has 4 nitrogen and oxygen atoms in total. The zero-order chi connectivity index (χ0) is 14.5. The fourth-order valence-corrected chi connectivity index (χ4v) is 2.30. The minimum atomic E-state index is 0.524. The van der Waals surface area contributed by atoms with E-state index in [-0.39, 0.29) is 0 Å². The summed E-state index contributed by atoms with van der Waals surface area (Å²) in [6.45, 7) is 3.43. The molecule has 1 aromatic heterocycles. The van der Waals surface area contributed by atoms with E-state index >= 15 is 0 Å². The highest BCUT2D eigenvalue weighted by molar-refractivity contribution is 6.32. The molecule has 0 amide bonds. The standard InChI is InChI=1S/C14H16Cl2N4/c1-3-17-14-18-8-12(16)13(19-14)20(2)9-10-5-4-6-11(15)7-10/h4-8H,3,9H2,1-2H3,(H,17,18,19). The van der Waals surface area contributed by atoms with Crippen molar-refractivity contribution in [2.45, 2.75) is 13.5 Å². The van der Waals surface area contributed by atoms with Gasteiger partial charge >= 0.3 is 0 Å². The number of aromatic nitrogens is 2. The fourth-order valence-electron chi connectivity index (χ4n) is 1.85. The summed E-state index contributed by atoms with van der Waals surface area (Å²) in [6.07, 6.45) is 1.61. The van der Waals surface area contributed by atoms with Crippen molar-refractivity contribution >= 4 is 35.0 Å². The molecule has 106 valence electrons. The van der Waals surface area contributed by atoms with Crippen LogP contribution in [0.1, 0.15) is 12.5 Å². The number of halogens is 2. The van der Waals surface area contributed by atoms with Crippen LogP contribution in [0.15, 0.2) is 30.5 Å². The predicted molar refractivity (Wildman–Crippen MR) is 84.8 cm³/mol. The fraction of sp³-hybridized carbons (Fsp3) is 0.286. The molecule has 0 atom stereocenters. The van der Waals surface area contributed by atoms with Gasteiger partial charge in [0.1, 0.15) is 5.02 Å². The monoisotopic (exact) mass is 310 g/mol. The number of hydrogen-bond acceptors (Lipinski definition) is 4. The first-order chi connectivity index (χ1) is 9.60. The van der Waals surface area contributed by atoms with Crippen LogP contribution in [-0.2, 0) is 6.54 Å². The Morgan fingerprint density at radius 3 is 2.80 bits per heavy atom. The van der Waals surface area contributed by atoms with Crippen LogP contribution in [0.2, 0.25) is 10.0 Å². The molecule has 0 aliphatic rings. The molecular weight excluding hydrogens is 295 g/mol. The van der Waals surface area contributed by atoms with E-state index in [1.807, 2.05) is 43.1 Å². The van der Waals surface area contributed by atoms with Crippen molar-refractivity contribution in [1.29, 1.82) is 0 Å². The van der Waals surface area contributed by atoms with Gasteiger partial charge in [-0.15, -0.1) is 0 Å². The zero-order valence-corrected chi connectivity index (χ0v) is 12.9. The Balaban J connectivity index is 2.19. The second kappa shape index (κ2) is 6.77. The van der Waals surface area contributed by atoms with Crippen molar-refractivity contribution < 1.29 is 0 Å². The van der Waals surface area contributed by atoms with Crippen molar-refractivity contribution in [2.24, 2.45) is 0 Å². The molecule has 0 spiro atoms. The third kappa shape index (κ3) is 3.74. The lowest BCUT2D eigenvalue weighted by Gasteiger charge is -2.20. The summed E-state index contributed by atoms with van der Waals surface area (Å²) in [5, 5.41) is 4.32. The molecule has 2 rings (SSSR count). The van der Waals surface area contributed by atoms with Crippen molar-refractivity contribution in [3.8, 4) is 0 Å². The summed E-state index contributed by atoms with van der Waals surface area (Å²) in [6, 6.07) is 7.73. The predicted octanol–water partition coefficient (Wildman–Crippen LogP) is 3.85. The number of anilines is 2. The van der Waals surface area contributed by atoms with Crippen LogP contribution < -0.4 is 10.2 Å². The minimum absolute atomic E-state index is 0.524. The molecule has 0 unspecified atom stereocenters. The first-order valence-corrected chi connectivity index (χ1v) is 7.07. The maximum atomic E-state index is 6.17. The lowest BCUT2D eigenvalue weighted by molar-refractivity contribution is 0.890. The first kappa shape index (κ1) is 14.9. The molecule has 1 N–H and O–H groups in total. The summed E-state index contributed by atoms with van der Waals surface area (Å²) in [5.41, 5.74) is 1.10. The molecule has 1 heterocycles. The van der Waals surface area contributed by atoms with Crippen LogP contribution in [-0.4, -0.2) is 23.6 Å². The molecule has 0 saturated carbocycles. The third-order valence-electron chi connectivity index (χ3n) is 2.73. The molecular formula is C14H16Cl2N4. The number of rotatable bonds is 5. The van der Waals surface area contributed by atoms with Crippen LogP contribution in [0.25, 0.3) is 0 Å². The Morgan fingerprint density at radius 1 is 1.30 bits per heavy atom. The van der Waals surface area contributed by atoms with Gasteiger partial charge in [-0.2, -0.15) is 4.98 Å². The molecule has 0 bridgehead atoms. The normalized spacial score (nSPS) is 10.4. The minimum Gasteiger partial charge on any atom is -0.354 e. The Hall–Kier alpha value is -1.52. The van der Waals surface area contributed by atoms with Gasteiger partial charge in [-0.25, -0.2) is 4.98 Å². The molecule has 0 saturated heterocycles. The van der Waals surface area contributed by atoms with Gasteiger partial charge in [-0.05, 0) is 24.6 Å². The number of nitrogens with one attached hydrogen (secondary N) is 1. The van der Waals surface area contributed by atoms with Crippen LogP contribution in [0, 0.1) is 0 Å². The Kier molecular flexibility index (Phi) is 5.04. The Labute approximate surface area is 128 Å². The quantitative estimate of drug-likeness (QED) is 0.910. The highest BCUT2D eigenvalue weighted by atomic mass is 35.5. The van der Waals surface area contributed by atoms with Crippen molar-refractivity contribution in [2.75, 3.05) is 23.8 Å². The SMILES string of the molecule is CCNc1ncc(Cl)c(N(C)Cc2cccc(Cl)c2)n1. The topological polar surface area (TPSA) is 41.1 Å². The number of nitrogens with zero attached hydrogens (tertiary/aromatic N) is 3. The summed E-state index contributed by atoms with van der Waals surface area (Å²) in [4.78, 5) is 10.5. The van der Waals surface area contributed by atoms with Crippen LogP contribution in [0.3, 0.4) is 0 Å². The highest BCUT2D eigenvalue weighted by Crippen LogP contribution is 2.24. The summed E-state index contributed by atoms with van der Waals surface area (Å²) in [7, 11) is 1.94. The van der Waals surface area contributed by atoms with E-state index in [0.717, 1.165) is 17.1 Å². The smallest absolute Gasteiger partial charge is 0.224 e. The number of benzene rings is 1. The van der Waals surface area contributed by atoms with E-state index < -0.39 is 0 Å². The zero-order valence-electron chi connectivity index (χ0n) is 11.4. The van der Waals surface area contributed by atoms with E-state index in [1.165, 1.54) is 0 Å². The van der Waals surface area contributed by atoms with Crippen molar-refractivity contribution in [3.63, 3.8) is 0 Å². The molecule has 20 heavy (non-hydrogen) atoms. The number of hydrogen-bond donors (Lipinski definition) is 1. The molecule has 0 fully saturated rings. The third-order valence-corrected chi connectivity index (χ3v) is 3.23. The van der Waals surface area contributed by atoms with Crippen molar-refractivity contribution in [1.82, 2.24) is 9.97 Å². The summed E-state index contributed by atoms with van der Waals surface area (Å²) in [5.74, 6) is 1.27. The average molecular weight is 311 g/mol. The van der Waals surface area contributed by atoms with Gasteiger partial charge in [-0.3, -0.25) is 0 Å². The van der Waals surface area contributed by atoms with Gasteiger partial charge < -0.3 is 10.2 Å². The van der Waals surface area contributed by atoms with Crippen molar-refractivity contribution in [3.05, 3.63) is 46.1 Å². The van der Waals surface area contributed by atoms with E-state index in [1.54, 1.807) is 6.20 Å². The largest absolute Gasteiger partial charge is 0.354 e. The maximum absolute atomic E-state index is 6.17. The van der Waals surface area contributed by atoms with E-state index in [0.29, 0.717) is 23.3 Å². The lowest BCUT2D eigenvalue weighted by atomic mass is 10.2. The van der Waals surface area contributed by atoms with Gasteiger partial charge in [0.05, 0.1) is 6.20 Å². The summed E-state index contributed by atoms with van der Waals surface area (Å²) >= 11 is 12.2. The van der Waals surface area contributed by atoms with E-state index in [2.05, 4.69) is 15.3 Å². The van der Waals surface area contributed by atoms with Gasteiger partial charge in [0.25, 0.3) is 0 Å². The van der Waals surface area contributed by atoms with Gasteiger partial charge in [0.15, 0.2) is 5.82 Å². The van der Waals surface area contributed by atoms with Gasteiger partial charge in [-0.1, -0.05) is 35.3 Å². The van der Waals surface area contributed by atoms with Crippen LogP contribution in [0.4, 0.5) is 11.8 Å². The lowest BCUT2D eigenvalue weighted by Crippen LogP contribution is -2.19. The first-order valence-electron chi connectivity index (χ1n) is 6.32. The Bertz CT molecular complexity index is 589. The van der Waals surface area contributed by atoms with Gasteiger partial charge in [0, 0.05) is 25.2 Å². The Morgan fingerprint density at radius 2 is 2.10 bits per heavy atom. The second-order valence-electron chi connectivity index (χ2n) is 4.38. The molecule has 0 aliphatic heterocycles. The van der Waals surface area contributed by atoms with Gasteiger partial charge in [0.2, 0.25) is 5.95 Å². The summed E-state index contributed by atoms with van der Waals surface area (Å²) < 4.78 is 0. The highest BCUT2D eigenvalue weighted by Gasteiger charge is 2.10. The van der Waals surface area contributed by atoms with E-state index in [4.69, 9.17) is 23.2 Å². The van der Waals surface area contributed by atoms with Crippen LogP contribution >= 0.6 is 23.2 Å². The maximum Gasteiger partial charge on any atom is 0.224 e. The molecule has 0 aliphatic carbocycles. The molecule has 1 aromatic carbocycles. The van der Waals surface area contributed by atoms with Crippen LogP contribution in [0.5, 0.6) is 0 Å². The average Bonchev–Trinajstić information content (AvgIpc) is 2.41. The molecule has 6 heteroatoms. The second-order valence-corrected chi connectivity index (χ2v) is 5.23. The molecule has 2 aromatic rings.